The largest absolute Gasteiger partial charge is 0.395 e. The van der Waals surface area contributed by atoms with Crippen molar-refractivity contribution in [2.24, 2.45) is 11.1 Å². The van der Waals surface area contributed by atoms with Crippen molar-refractivity contribution in [3.8, 4) is 0 Å². The van der Waals surface area contributed by atoms with E-state index in [2.05, 4.69) is 0 Å². The predicted octanol–water partition coefficient (Wildman–Crippen LogP) is 0.115. The van der Waals surface area contributed by atoms with Crippen LogP contribution < -0.4 is 5.73 Å². The number of rotatable bonds is 5. The molecule has 0 bridgehead atoms. The molecule has 2 fully saturated rings. The minimum Gasteiger partial charge on any atom is -0.395 e. The van der Waals surface area contributed by atoms with Crippen LogP contribution in [0.5, 0.6) is 0 Å². The van der Waals surface area contributed by atoms with Gasteiger partial charge in [-0.15, -0.1) is 0 Å². The van der Waals surface area contributed by atoms with Crippen LogP contribution in [0.3, 0.4) is 0 Å². The normalized spacial score (nSPS) is 23.4. The molecule has 0 aromatic heterocycles. The second-order valence-corrected chi connectivity index (χ2v) is 5.40. The Bertz CT molecular complexity index is 286. The van der Waals surface area contributed by atoms with Crippen molar-refractivity contribution in [3.63, 3.8) is 0 Å². The molecule has 3 N–H and O–H groups in total. The fraction of sp³-hybridized carbons (Fsp3) is 0.923. The molecule has 104 valence electrons. The van der Waals surface area contributed by atoms with E-state index < -0.39 is 5.41 Å². The predicted molar refractivity (Wildman–Crippen MR) is 68.0 cm³/mol. The summed E-state index contributed by atoms with van der Waals surface area (Å²) in [5.41, 5.74) is 5.41. The Labute approximate surface area is 108 Å². The van der Waals surface area contributed by atoms with Crippen LogP contribution in [0.2, 0.25) is 0 Å². The first-order chi connectivity index (χ1) is 8.73. The van der Waals surface area contributed by atoms with Crippen molar-refractivity contribution in [1.82, 2.24) is 4.90 Å². The van der Waals surface area contributed by atoms with Gasteiger partial charge in [0.05, 0.1) is 12.0 Å². The number of carbonyl (C=O) groups excluding carboxylic acids is 1. The molecule has 2 aliphatic rings. The van der Waals surface area contributed by atoms with Crippen molar-refractivity contribution in [3.05, 3.63) is 0 Å². The molecule has 5 heteroatoms. The molecule has 1 saturated heterocycles. The zero-order valence-corrected chi connectivity index (χ0v) is 10.9. The van der Waals surface area contributed by atoms with E-state index in [1.54, 1.807) is 0 Å². The van der Waals surface area contributed by atoms with E-state index >= 15 is 0 Å². The van der Waals surface area contributed by atoms with Crippen molar-refractivity contribution in [2.75, 3.05) is 32.9 Å². The van der Waals surface area contributed by atoms with E-state index in [-0.39, 0.29) is 12.5 Å². The Morgan fingerprint density at radius 2 is 2.06 bits per heavy atom. The first kappa shape index (κ1) is 13.8. The average molecular weight is 256 g/mol. The summed E-state index contributed by atoms with van der Waals surface area (Å²) in [6.45, 7) is 2.07. The van der Waals surface area contributed by atoms with E-state index in [9.17, 15) is 4.79 Å². The zero-order valence-electron chi connectivity index (χ0n) is 10.9. The maximum Gasteiger partial charge on any atom is 0.230 e. The van der Waals surface area contributed by atoms with Crippen LogP contribution in [0.1, 0.15) is 32.1 Å². The fourth-order valence-electron chi connectivity index (χ4n) is 2.83. The molecule has 18 heavy (non-hydrogen) atoms. The van der Waals surface area contributed by atoms with E-state index in [0.29, 0.717) is 45.2 Å². The highest BCUT2D eigenvalue weighted by Crippen LogP contribution is 2.35. The molecule has 0 unspecified atom stereocenters. The first-order valence-corrected chi connectivity index (χ1v) is 6.93. The van der Waals surface area contributed by atoms with Gasteiger partial charge in [0.25, 0.3) is 0 Å². The topological polar surface area (TPSA) is 75.8 Å². The smallest absolute Gasteiger partial charge is 0.230 e. The lowest BCUT2D eigenvalue weighted by Gasteiger charge is -2.44. The molecule has 1 aliphatic heterocycles. The minimum absolute atomic E-state index is 0.0272. The van der Waals surface area contributed by atoms with Crippen LogP contribution in [-0.2, 0) is 9.53 Å². The monoisotopic (exact) mass is 256 g/mol. The van der Waals surface area contributed by atoms with Gasteiger partial charge in [-0.3, -0.25) is 4.79 Å². The summed E-state index contributed by atoms with van der Waals surface area (Å²) in [6, 6.07) is 0.316. The quantitative estimate of drug-likeness (QED) is 0.732. The molecular weight excluding hydrogens is 232 g/mol. The number of aliphatic hydroxyl groups excluding tert-OH is 1. The summed E-state index contributed by atoms with van der Waals surface area (Å²) < 4.78 is 5.34. The summed E-state index contributed by atoms with van der Waals surface area (Å²) in [5, 5.41) is 9.16. The summed E-state index contributed by atoms with van der Waals surface area (Å²) in [5.74, 6) is 0.132. The SMILES string of the molecule is NCC1(C(=O)N(CCO)C2CCC2)CCOCC1. The van der Waals surface area contributed by atoms with Crippen LogP contribution in [0.15, 0.2) is 0 Å². The number of ether oxygens (including phenoxy) is 1. The lowest BCUT2D eigenvalue weighted by Crippen LogP contribution is -2.55. The van der Waals surface area contributed by atoms with Crippen LogP contribution in [0.4, 0.5) is 0 Å². The Balaban J connectivity index is 2.09. The first-order valence-electron chi connectivity index (χ1n) is 6.93. The number of nitrogens with zero attached hydrogens (tertiary/aromatic N) is 1. The van der Waals surface area contributed by atoms with Crippen LogP contribution in [-0.4, -0.2) is 54.9 Å². The molecule has 1 aliphatic carbocycles. The van der Waals surface area contributed by atoms with Crippen LogP contribution >= 0.6 is 0 Å². The molecule has 1 saturated carbocycles. The van der Waals surface area contributed by atoms with Crippen LogP contribution in [0.25, 0.3) is 0 Å². The minimum atomic E-state index is -0.455. The molecule has 2 rings (SSSR count). The van der Waals surface area contributed by atoms with Gasteiger partial charge in [0.15, 0.2) is 0 Å². The molecule has 1 amide bonds. The number of hydrogen-bond donors (Lipinski definition) is 2. The van der Waals surface area contributed by atoms with Crippen molar-refractivity contribution < 1.29 is 14.6 Å². The average Bonchev–Trinajstić information content (AvgIpc) is 2.36. The standard InChI is InChI=1S/C13H24N2O3/c14-10-13(4-8-18-9-5-13)12(17)15(6-7-16)11-2-1-3-11/h11,16H,1-10,14H2. The molecule has 5 nitrogen and oxygen atoms in total. The summed E-state index contributed by atoms with van der Waals surface area (Å²) in [4.78, 5) is 14.6. The Morgan fingerprint density at radius 1 is 1.39 bits per heavy atom. The van der Waals surface area contributed by atoms with Crippen LogP contribution in [0, 0.1) is 5.41 Å². The molecular formula is C13H24N2O3. The summed E-state index contributed by atoms with van der Waals surface area (Å²) >= 11 is 0. The Hall–Kier alpha value is -0.650. The van der Waals surface area contributed by atoms with Gasteiger partial charge in [0.1, 0.15) is 0 Å². The van der Waals surface area contributed by atoms with E-state index in [1.165, 1.54) is 6.42 Å². The van der Waals surface area contributed by atoms with Gasteiger partial charge in [-0.2, -0.15) is 0 Å². The van der Waals surface area contributed by atoms with Gasteiger partial charge in [0.2, 0.25) is 5.91 Å². The van der Waals surface area contributed by atoms with Gasteiger partial charge < -0.3 is 20.5 Å². The van der Waals surface area contributed by atoms with Crippen molar-refractivity contribution >= 4 is 5.91 Å². The number of aliphatic hydroxyl groups is 1. The van der Waals surface area contributed by atoms with Gasteiger partial charge in [-0.05, 0) is 32.1 Å². The zero-order chi connectivity index (χ0) is 13.0. The maximum absolute atomic E-state index is 12.8. The molecule has 0 atom stereocenters. The Morgan fingerprint density at radius 3 is 2.50 bits per heavy atom. The molecule has 0 aromatic carbocycles. The third-order valence-electron chi connectivity index (χ3n) is 4.41. The third-order valence-corrected chi connectivity index (χ3v) is 4.41. The highest BCUT2D eigenvalue weighted by atomic mass is 16.5. The highest BCUT2D eigenvalue weighted by molar-refractivity contribution is 5.83. The van der Waals surface area contributed by atoms with Crippen molar-refractivity contribution in [2.45, 2.75) is 38.1 Å². The fourth-order valence-corrected chi connectivity index (χ4v) is 2.83. The van der Waals surface area contributed by atoms with Gasteiger partial charge in [-0.1, -0.05) is 0 Å². The van der Waals surface area contributed by atoms with Gasteiger partial charge >= 0.3 is 0 Å². The highest BCUT2D eigenvalue weighted by Gasteiger charge is 2.43. The maximum atomic E-state index is 12.8. The summed E-state index contributed by atoms with van der Waals surface area (Å²) in [7, 11) is 0. The van der Waals surface area contributed by atoms with Gasteiger partial charge in [-0.25, -0.2) is 0 Å². The Kier molecular flexibility index (Phi) is 4.59. The van der Waals surface area contributed by atoms with E-state index in [4.69, 9.17) is 15.6 Å². The lowest BCUT2D eigenvalue weighted by atomic mass is 9.77. The number of amides is 1. The van der Waals surface area contributed by atoms with E-state index in [1.807, 2.05) is 4.90 Å². The second-order valence-electron chi connectivity index (χ2n) is 5.40. The second kappa shape index (κ2) is 5.99. The molecule has 0 radical (unpaired) electrons. The molecule has 1 heterocycles. The van der Waals surface area contributed by atoms with Crippen molar-refractivity contribution in [1.29, 1.82) is 0 Å². The van der Waals surface area contributed by atoms with E-state index in [0.717, 1.165) is 12.8 Å². The molecule has 0 spiro atoms. The summed E-state index contributed by atoms with van der Waals surface area (Å²) in [6.07, 6.45) is 4.71. The van der Waals surface area contributed by atoms with Gasteiger partial charge in [0, 0.05) is 32.3 Å². The number of hydrogen-bond acceptors (Lipinski definition) is 4. The lowest BCUT2D eigenvalue weighted by molar-refractivity contribution is -0.152. The third kappa shape index (κ3) is 2.53. The number of nitrogens with two attached hydrogens (primary N) is 1. The number of carbonyl (C=O) groups is 1. The molecule has 0 aromatic rings.